The highest BCUT2D eigenvalue weighted by Gasteiger charge is 2.28. The molecule has 0 aromatic heterocycles. The van der Waals surface area contributed by atoms with Gasteiger partial charge in [0.25, 0.3) is 0 Å². The van der Waals surface area contributed by atoms with Crippen molar-refractivity contribution in [2.75, 3.05) is 6.54 Å². The molecule has 0 bridgehead atoms. The van der Waals surface area contributed by atoms with Gasteiger partial charge >= 0.3 is 0 Å². The van der Waals surface area contributed by atoms with Gasteiger partial charge in [0.15, 0.2) is 0 Å². The fourth-order valence-corrected chi connectivity index (χ4v) is 3.98. The molecule has 1 aromatic rings. The Labute approximate surface area is 128 Å². The monoisotopic (exact) mass is 308 g/mol. The number of unbranched alkanes of at least 4 members (excludes halogenated alkanes) is 1. The average molecular weight is 308 g/mol. The van der Waals surface area contributed by atoms with Crippen molar-refractivity contribution >= 4 is 10.0 Å². The molecular weight excluding hydrogens is 284 g/mol. The molecule has 1 aromatic carbocycles. The van der Waals surface area contributed by atoms with Crippen LogP contribution < -0.4 is 0 Å². The van der Waals surface area contributed by atoms with Gasteiger partial charge in [0.1, 0.15) is 0 Å². The maximum atomic E-state index is 12.8. The number of sulfonamides is 1. The fraction of sp³-hybridized carbons (Fsp3) is 0.562. The summed E-state index contributed by atoms with van der Waals surface area (Å²) in [7, 11) is -3.51. The number of nitriles is 1. The molecule has 21 heavy (non-hydrogen) atoms. The second-order valence-corrected chi connectivity index (χ2v) is 7.21. The maximum absolute atomic E-state index is 12.8. The predicted molar refractivity (Wildman–Crippen MR) is 84.4 cm³/mol. The Morgan fingerprint density at radius 2 is 2.00 bits per heavy atom. The minimum Gasteiger partial charge on any atom is -0.207 e. The van der Waals surface area contributed by atoms with Crippen molar-refractivity contribution < 1.29 is 8.42 Å². The van der Waals surface area contributed by atoms with Crippen LogP contribution in [0.25, 0.3) is 0 Å². The Bertz CT molecular complexity index is 618. The lowest BCUT2D eigenvalue weighted by Crippen LogP contribution is -2.39. The van der Waals surface area contributed by atoms with Gasteiger partial charge in [0.05, 0.1) is 16.5 Å². The van der Waals surface area contributed by atoms with Crippen LogP contribution in [0, 0.1) is 18.3 Å². The third-order valence-corrected chi connectivity index (χ3v) is 5.75. The highest BCUT2D eigenvalue weighted by atomic mass is 32.2. The Kier molecular flexibility index (Phi) is 6.38. The summed E-state index contributed by atoms with van der Waals surface area (Å²) in [5, 5.41) is 8.95. The SMILES string of the molecule is CCCCN(C(C)CC)S(=O)(=O)c1ccc(C#N)c(C)c1. The van der Waals surface area contributed by atoms with Gasteiger partial charge < -0.3 is 0 Å². The number of hydrogen-bond acceptors (Lipinski definition) is 3. The molecule has 0 aliphatic heterocycles. The van der Waals surface area contributed by atoms with E-state index in [1.165, 1.54) is 6.07 Å². The highest BCUT2D eigenvalue weighted by Crippen LogP contribution is 2.22. The van der Waals surface area contributed by atoms with E-state index in [2.05, 4.69) is 6.07 Å². The number of aryl methyl sites for hydroxylation is 1. The maximum Gasteiger partial charge on any atom is 0.243 e. The standard InChI is InChI=1S/C16H24N2O2S/c1-5-7-10-18(14(4)6-2)21(19,20)16-9-8-15(12-17)13(3)11-16/h8-9,11,14H,5-7,10H2,1-4H3. The molecular formula is C16H24N2O2S. The lowest BCUT2D eigenvalue weighted by atomic mass is 10.1. The zero-order valence-corrected chi connectivity index (χ0v) is 14.1. The summed E-state index contributed by atoms with van der Waals surface area (Å²) in [6, 6.07) is 6.74. The van der Waals surface area contributed by atoms with Gasteiger partial charge in [-0.2, -0.15) is 9.57 Å². The molecule has 1 unspecified atom stereocenters. The molecule has 0 amide bonds. The van der Waals surface area contributed by atoms with Crippen LogP contribution in [0.1, 0.15) is 51.2 Å². The van der Waals surface area contributed by atoms with Crippen LogP contribution in [0.2, 0.25) is 0 Å². The summed E-state index contributed by atoms with van der Waals surface area (Å²) in [4.78, 5) is 0.274. The average Bonchev–Trinajstić information content (AvgIpc) is 2.46. The molecule has 0 aliphatic carbocycles. The van der Waals surface area contributed by atoms with E-state index >= 15 is 0 Å². The Morgan fingerprint density at radius 3 is 2.48 bits per heavy atom. The quantitative estimate of drug-likeness (QED) is 0.775. The summed E-state index contributed by atoms with van der Waals surface area (Å²) in [5.74, 6) is 0. The summed E-state index contributed by atoms with van der Waals surface area (Å²) >= 11 is 0. The minimum absolute atomic E-state index is 0.0301. The third kappa shape index (κ3) is 4.05. The first kappa shape index (κ1) is 17.7. The van der Waals surface area contributed by atoms with Crippen LogP contribution in [-0.4, -0.2) is 25.3 Å². The Balaban J connectivity index is 3.22. The molecule has 1 rings (SSSR count). The van der Waals surface area contributed by atoms with E-state index in [0.29, 0.717) is 17.7 Å². The van der Waals surface area contributed by atoms with Gasteiger partial charge in [-0.05, 0) is 50.5 Å². The van der Waals surface area contributed by atoms with Crippen LogP contribution in [0.4, 0.5) is 0 Å². The fourth-order valence-electron chi connectivity index (χ4n) is 2.15. The van der Waals surface area contributed by atoms with Crippen molar-refractivity contribution in [3.05, 3.63) is 29.3 Å². The summed E-state index contributed by atoms with van der Waals surface area (Å²) in [6.45, 7) is 8.27. The summed E-state index contributed by atoms with van der Waals surface area (Å²) in [6.07, 6.45) is 2.58. The van der Waals surface area contributed by atoms with Gasteiger partial charge in [-0.1, -0.05) is 20.3 Å². The van der Waals surface area contributed by atoms with Crippen molar-refractivity contribution in [3.63, 3.8) is 0 Å². The molecule has 5 heteroatoms. The second kappa shape index (κ2) is 7.58. The smallest absolute Gasteiger partial charge is 0.207 e. The first-order valence-corrected chi connectivity index (χ1v) is 8.85. The molecule has 4 nitrogen and oxygen atoms in total. The van der Waals surface area contributed by atoms with Crippen LogP contribution >= 0.6 is 0 Å². The van der Waals surface area contributed by atoms with Gasteiger partial charge in [-0.25, -0.2) is 8.42 Å². The van der Waals surface area contributed by atoms with Crippen molar-refractivity contribution in [2.45, 2.75) is 57.9 Å². The molecule has 0 aliphatic rings. The number of benzene rings is 1. The molecule has 0 N–H and O–H groups in total. The predicted octanol–water partition coefficient (Wildman–Crippen LogP) is 3.46. The lowest BCUT2D eigenvalue weighted by molar-refractivity contribution is 0.324. The Hall–Kier alpha value is -1.38. The number of nitrogens with zero attached hydrogens (tertiary/aromatic N) is 2. The van der Waals surface area contributed by atoms with E-state index < -0.39 is 10.0 Å². The van der Waals surface area contributed by atoms with E-state index in [4.69, 9.17) is 5.26 Å². The van der Waals surface area contributed by atoms with Crippen molar-refractivity contribution in [2.24, 2.45) is 0 Å². The van der Waals surface area contributed by atoms with Crippen molar-refractivity contribution in [3.8, 4) is 6.07 Å². The molecule has 0 saturated heterocycles. The van der Waals surface area contributed by atoms with E-state index in [9.17, 15) is 8.42 Å². The first-order chi connectivity index (χ1) is 9.88. The molecule has 0 heterocycles. The topological polar surface area (TPSA) is 61.2 Å². The van der Waals surface area contributed by atoms with E-state index in [1.807, 2.05) is 20.8 Å². The Morgan fingerprint density at radius 1 is 1.33 bits per heavy atom. The minimum atomic E-state index is -3.51. The van der Waals surface area contributed by atoms with E-state index in [-0.39, 0.29) is 10.9 Å². The second-order valence-electron chi connectivity index (χ2n) is 5.32. The van der Waals surface area contributed by atoms with E-state index in [0.717, 1.165) is 19.3 Å². The molecule has 0 spiro atoms. The molecule has 1 atom stereocenters. The van der Waals surface area contributed by atoms with Crippen LogP contribution in [-0.2, 0) is 10.0 Å². The molecule has 0 radical (unpaired) electrons. The molecule has 116 valence electrons. The summed E-state index contributed by atoms with van der Waals surface area (Å²) < 4.78 is 27.2. The van der Waals surface area contributed by atoms with Gasteiger partial charge in [-0.15, -0.1) is 0 Å². The number of rotatable bonds is 7. The first-order valence-electron chi connectivity index (χ1n) is 7.41. The normalized spacial score (nSPS) is 13.1. The van der Waals surface area contributed by atoms with Crippen LogP contribution in [0.5, 0.6) is 0 Å². The van der Waals surface area contributed by atoms with Gasteiger partial charge in [-0.3, -0.25) is 0 Å². The van der Waals surface area contributed by atoms with Crippen molar-refractivity contribution in [1.29, 1.82) is 5.26 Å². The van der Waals surface area contributed by atoms with Gasteiger partial charge in [0, 0.05) is 12.6 Å². The van der Waals surface area contributed by atoms with Crippen LogP contribution in [0.3, 0.4) is 0 Å². The van der Waals surface area contributed by atoms with E-state index in [1.54, 1.807) is 23.4 Å². The zero-order valence-electron chi connectivity index (χ0n) is 13.3. The largest absolute Gasteiger partial charge is 0.243 e. The highest BCUT2D eigenvalue weighted by molar-refractivity contribution is 7.89. The van der Waals surface area contributed by atoms with Crippen LogP contribution in [0.15, 0.2) is 23.1 Å². The lowest BCUT2D eigenvalue weighted by Gasteiger charge is -2.27. The zero-order chi connectivity index (χ0) is 16.0. The molecule has 0 fully saturated rings. The number of hydrogen-bond donors (Lipinski definition) is 0. The summed E-state index contributed by atoms with van der Waals surface area (Å²) in [5.41, 5.74) is 1.20. The van der Waals surface area contributed by atoms with Crippen molar-refractivity contribution in [1.82, 2.24) is 4.31 Å². The third-order valence-electron chi connectivity index (χ3n) is 3.74. The van der Waals surface area contributed by atoms with Gasteiger partial charge in [0.2, 0.25) is 10.0 Å². The molecule has 0 saturated carbocycles.